The van der Waals surface area contributed by atoms with Crippen LogP contribution in [0, 0.1) is 3.57 Å². The molecule has 0 atom stereocenters. The van der Waals surface area contributed by atoms with Crippen molar-refractivity contribution in [3.8, 4) is 0 Å². The second-order valence-corrected chi connectivity index (χ2v) is 10.4. The molecule has 0 amide bonds. The van der Waals surface area contributed by atoms with Crippen molar-refractivity contribution in [3.63, 3.8) is 0 Å². The Morgan fingerprint density at radius 3 is 1.56 bits per heavy atom. The van der Waals surface area contributed by atoms with Gasteiger partial charge in [-0.25, -0.2) is 19.2 Å². The first-order valence-electron chi connectivity index (χ1n) is 12.3. The predicted octanol–water partition coefficient (Wildman–Crippen LogP) is 7.67. The molecule has 2 aromatic rings. The molecule has 0 aromatic heterocycles. The second kappa shape index (κ2) is 15.8. The van der Waals surface area contributed by atoms with Gasteiger partial charge in [0.05, 0.1) is 30.9 Å². The zero-order valence-corrected chi connectivity index (χ0v) is 24.7. The molecule has 8 nitrogen and oxygen atoms in total. The Kier molecular flexibility index (Phi) is 13.9. The first kappa shape index (κ1) is 34.4. The third-order valence-corrected chi connectivity index (χ3v) is 7.41. The third-order valence-electron chi connectivity index (χ3n) is 6.32. The summed E-state index contributed by atoms with van der Waals surface area (Å²) in [6.07, 6.45) is 6.05. The zero-order valence-electron chi connectivity index (χ0n) is 21.8. The van der Waals surface area contributed by atoms with Crippen molar-refractivity contribution in [1.82, 2.24) is 0 Å². The second-order valence-electron chi connectivity index (χ2n) is 8.93. The number of methoxy groups -OCH3 is 2. The molecule has 0 heterocycles. The van der Waals surface area contributed by atoms with Crippen molar-refractivity contribution in [1.29, 1.82) is 0 Å². The zero-order chi connectivity index (χ0) is 28.6. The van der Waals surface area contributed by atoms with Crippen LogP contribution in [0.5, 0.6) is 0 Å². The molecule has 4 rings (SSSR count). The summed E-state index contributed by atoms with van der Waals surface area (Å²) in [6.45, 7) is 3.92. The van der Waals surface area contributed by atoms with Gasteiger partial charge in [-0.05, 0) is 107 Å². The normalized spacial score (nSPS) is 13.4. The van der Waals surface area contributed by atoms with Gasteiger partial charge >= 0.3 is 23.3 Å². The molecule has 0 aliphatic heterocycles. The highest BCUT2D eigenvalue weighted by atomic mass is 127. The number of ether oxygens (including phenoxy) is 2. The van der Waals surface area contributed by atoms with Crippen LogP contribution in [0.2, 0.25) is 0 Å². The van der Waals surface area contributed by atoms with Crippen LogP contribution in [0.4, 0.5) is 4.79 Å². The van der Waals surface area contributed by atoms with Gasteiger partial charge < -0.3 is 19.7 Å². The van der Waals surface area contributed by atoms with Crippen LogP contribution >= 0.6 is 34.2 Å². The fourth-order valence-corrected chi connectivity index (χ4v) is 4.92. The molecule has 39 heavy (non-hydrogen) atoms. The van der Waals surface area contributed by atoms with Crippen LogP contribution in [0.15, 0.2) is 24.3 Å². The number of benzene rings is 2. The Labute approximate surface area is 248 Å². The van der Waals surface area contributed by atoms with Crippen molar-refractivity contribution in [2.75, 3.05) is 14.2 Å². The highest BCUT2D eigenvalue weighted by Gasteiger charge is 2.30. The number of halogens is 2. The SMILES string of the molecule is C.CCc1cc(C2CC2)c(C(=O)OC)cc1C(=O)O.CCc1cc(C2CC2)c(I)cc1C(=O)O.COC(=O)Cl. The minimum atomic E-state index is -1.00. The van der Waals surface area contributed by atoms with Crippen LogP contribution < -0.4 is 0 Å². The lowest BCUT2D eigenvalue weighted by atomic mass is 9.94. The van der Waals surface area contributed by atoms with Crippen LogP contribution in [0.1, 0.15) is 112 Å². The standard InChI is InChI=1S/C14H16O4.C12H13IO2.C2H3ClO2.CH4/c1-3-8-6-10(9-4-5-9)12(14(17)18-2)7-11(8)13(15)16;1-2-7-5-9(8-3-4-8)11(13)6-10(7)12(14)15;1-5-2(3)4;/h6-7,9H,3-5H2,1-2H3,(H,15,16);5-6,8H,2-4H2,1H3,(H,14,15);1H3;1H4. The maximum Gasteiger partial charge on any atom is 0.403 e. The molecule has 0 radical (unpaired) electrons. The summed E-state index contributed by atoms with van der Waals surface area (Å²) in [7, 11) is 2.53. The lowest BCUT2D eigenvalue weighted by Crippen LogP contribution is -2.11. The first-order valence-corrected chi connectivity index (χ1v) is 13.7. The number of carboxylic acid groups (broad SMARTS) is 2. The monoisotopic (exact) mass is 674 g/mol. The van der Waals surface area contributed by atoms with E-state index in [4.69, 9.17) is 14.9 Å². The number of aromatic carboxylic acids is 2. The van der Waals surface area contributed by atoms with Gasteiger partial charge in [0.2, 0.25) is 0 Å². The average molecular weight is 675 g/mol. The van der Waals surface area contributed by atoms with Gasteiger partial charge in [0, 0.05) is 15.2 Å². The van der Waals surface area contributed by atoms with Gasteiger partial charge in [-0.3, -0.25) is 0 Å². The topological polar surface area (TPSA) is 127 Å². The maximum absolute atomic E-state index is 11.7. The number of esters is 1. The van der Waals surface area contributed by atoms with Crippen LogP contribution in [0.25, 0.3) is 0 Å². The fraction of sp³-hybridized carbons (Fsp3) is 0.448. The van der Waals surface area contributed by atoms with Crippen LogP contribution in [-0.4, -0.2) is 47.8 Å². The molecule has 10 heteroatoms. The Morgan fingerprint density at radius 2 is 1.21 bits per heavy atom. The summed E-state index contributed by atoms with van der Waals surface area (Å²) in [5.41, 5.74) is 4.30. The van der Waals surface area contributed by atoms with E-state index in [1.54, 1.807) is 0 Å². The Morgan fingerprint density at radius 1 is 0.795 bits per heavy atom. The number of hydrogen-bond acceptors (Lipinski definition) is 6. The summed E-state index contributed by atoms with van der Waals surface area (Å²) in [5.74, 6) is -1.20. The smallest absolute Gasteiger partial charge is 0.403 e. The lowest BCUT2D eigenvalue weighted by Gasteiger charge is -2.12. The molecule has 2 fully saturated rings. The van der Waals surface area contributed by atoms with Crippen LogP contribution in [-0.2, 0) is 22.3 Å². The summed E-state index contributed by atoms with van der Waals surface area (Å²) in [6, 6.07) is 7.21. The number of carboxylic acids is 2. The van der Waals surface area contributed by atoms with Gasteiger partial charge in [0.15, 0.2) is 0 Å². The summed E-state index contributed by atoms with van der Waals surface area (Å²) >= 11 is 6.85. The van der Waals surface area contributed by atoms with Crippen molar-refractivity contribution < 1.29 is 38.9 Å². The van der Waals surface area contributed by atoms with E-state index in [9.17, 15) is 19.2 Å². The lowest BCUT2D eigenvalue weighted by molar-refractivity contribution is 0.0598. The number of carbonyl (C=O) groups excluding carboxylic acids is 2. The van der Waals surface area contributed by atoms with E-state index in [2.05, 4.69) is 45.0 Å². The quantitative estimate of drug-likeness (QED) is 0.174. The van der Waals surface area contributed by atoms with Crippen LogP contribution in [0.3, 0.4) is 0 Å². The van der Waals surface area contributed by atoms with E-state index in [-0.39, 0.29) is 13.0 Å². The minimum Gasteiger partial charge on any atom is -0.478 e. The molecule has 2 saturated carbocycles. The molecule has 2 aliphatic rings. The highest BCUT2D eigenvalue weighted by molar-refractivity contribution is 14.1. The van der Waals surface area contributed by atoms with Crippen molar-refractivity contribution in [2.24, 2.45) is 0 Å². The molecule has 2 aromatic carbocycles. The maximum atomic E-state index is 11.7. The minimum absolute atomic E-state index is 0. The van der Waals surface area contributed by atoms with Crippen molar-refractivity contribution in [3.05, 3.63) is 66.8 Å². The fourth-order valence-electron chi connectivity index (χ4n) is 4.01. The molecular formula is C29H36ClIO8. The van der Waals surface area contributed by atoms with Crippen molar-refractivity contribution >= 4 is 57.5 Å². The summed E-state index contributed by atoms with van der Waals surface area (Å²) < 4.78 is 9.71. The van der Waals surface area contributed by atoms with Gasteiger partial charge in [-0.15, -0.1) is 0 Å². The predicted molar refractivity (Wildman–Crippen MR) is 159 cm³/mol. The van der Waals surface area contributed by atoms with E-state index < -0.39 is 23.3 Å². The molecule has 0 saturated heterocycles. The van der Waals surface area contributed by atoms with Gasteiger partial charge in [-0.1, -0.05) is 33.4 Å². The largest absolute Gasteiger partial charge is 0.478 e. The van der Waals surface area contributed by atoms with E-state index in [1.807, 2.05) is 26.0 Å². The number of hydrogen-bond donors (Lipinski definition) is 2. The number of aryl methyl sites for hydroxylation is 2. The third kappa shape index (κ3) is 9.79. The number of carbonyl (C=O) groups is 4. The summed E-state index contributed by atoms with van der Waals surface area (Å²) in [5, 5.41) is 18.2. The highest BCUT2D eigenvalue weighted by Crippen LogP contribution is 2.43. The molecule has 0 unspecified atom stereocenters. The van der Waals surface area contributed by atoms with E-state index in [1.165, 1.54) is 38.7 Å². The number of rotatable bonds is 7. The average Bonchev–Trinajstić information content (AvgIpc) is 3.81. The Hall–Kier alpha value is -2.66. The molecule has 0 bridgehead atoms. The molecular weight excluding hydrogens is 639 g/mol. The van der Waals surface area contributed by atoms with E-state index in [0.29, 0.717) is 29.4 Å². The Balaban J connectivity index is 0.000000329. The Bertz CT molecular complexity index is 1200. The first-order chi connectivity index (χ1) is 18.0. The molecule has 214 valence electrons. The summed E-state index contributed by atoms with van der Waals surface area (Å²) in [4.78, 5) is 43.3. The van der Waals surface area contributed by atoms with Gasteiger partial charge in [0.1, 0.15) is 0 Å². The van der Waals surface area contributed by atoms with Crippen molar-refractivity contribution in [2.45, 2.75) is 71.6 Å². The molecule has 0 spiro atoms. The molecule has 2 aliphatic carbocycles. The van der Waals surface area contributed by atoms with Gasteiger partial charge in [0.25, 0.3) is 0 Å². The van der Waals surface area contributed by atoms with E-state index in [0.717, 1.165) is 39.5 Å². The van der Waals surface area contributed by atoms with E-state index >= 15 is 0 Å². The van der Waals surface area contributed by atoms with Gasteiger partial charge in [-0.2, -0.15) is 0 Å². The molecule has 2 N–H and O–H groups in total.